The van der Waals surface area contributed by atoms with Crippen molar-refractivity contribution >= 4 is 70.5 Å². The molecule has 0 amide bonds. The number of furan rings is 1. The summed E-state index contributed by atoms with van der Waals surface area (Å²) in [6.45, 7) is 4.71. The van der Waals surface area contributed by atoms with Gasteiger partial charge in [0.15, 0.2) is 0 Å². The zero-order valence-electron chi connectivity index (χ0n) is 26.7. The van der Waals surface area contributed by atoms with Gasteiger partial charge in [-0.15, -0.1) is 11.3 Å². The molecule has 0 aliphatic heterocycles. The fourth-order valence-electron chi connectivity index (χ4n) is 8.01. The van der Waals surface area contributed by atoms with Crippen molar-refractivity contribution in [1.82, 2.24) is 0 Å². The highest BCUT2D eigenvalue weighted by Gasteiger charge is 2.36. The van der Waals surface area contributed by atoms with Crippen LogP contribution >= 0.6 is 11.3 Å². The van der Waals surface area contributed by atoms with Crippen LogP contribution in [0.5, 0.6) is 0 Å². The van der Waals surface area contributed by atoms with Crippen LogP contribution in [0.3, 0.4) is 0 Å². The Bertz CT molecular complexity index is 2730. The maximum absolute atomic E-state index is 6.35. The number of fused-ring (bicyclic) bond motifs is 9. The molecule has 0 radical (unpaired) electrons. The highest BCUT2D eigenvalue weighted by Crippen LogP contribution is 2.52. The van der Waals surface area contributed by atoms with Crippen LogP contribution in [0, 0.1) is 0 Å². The Labute approximate surface area is 283 Å². The van der Waals surface area contributed by atoms with E-state index in [9.17, 15) is 0 Å². The van der Waals surface area contributed by atoms with Crippen molar-refractivity contribution in [2.45, 2.75) is 19.3 Å². The van der Waals surface area contributed by atoms with Crippen molar-refractivity contribution in [3.8, 4) is 22.3 Å². The monoisotopic (exact) mass is 633 g/mol. The summed E-state index contributed by atoms with van der Waals surface area (Å²) >= 11 is 1.86. The Hall–Kier alpha value is -5.64. The van der Waals surface area contributed by atoms with E-state index in [0.717, 1.165) is 50.1 Å². The average Bonchev–Trinajstić information content (AvgIpc) is 3.76. The van der Waals surface area contributed by atoms with Crippen molar-refractivity contribution in [3.05, 3.63) is 163 Å². The number of benzene rings is 7. The molecule has 0 unspecified atom stereocenters. The maximum Gasteiger partial charge on any atom is 0.136 e. The normalized spacial score (nSPS) is 13.4. The van der Waals surface area contributed by atoms with E-state index in [2.05, 4.69) is 164 Å². The van der Waals surface area contributed by atoms with Gasteiger partial charge in [0, 0.05) is 53.3 Å². The van der Waals surface area contributed by atoms with Gasteiger partial charge >= 0.3 is 0 Å². The lowest BCUT2D eigenvalue weighted by Gasteiger charge is -2.30. The van der Waals surface area contributed by atoms with Crippen LogP contribution in [-0.2, 0) is 5.41 Å². The quantitative estimate of drug-likeness (QED) is 0.192. The van der Waals surface area contributed by atoms with Crippen LogP contribution in [0.4, 0.5) is 17.1 Å². The summed E-state index contributed by atoms with van der Waals surface area (Å²) in [4.78, 5) is 2.46. The SMILES string of the molecule is CC1(C)c2ccccc2-c2ccc(N(c3ccc4c(c3)sc3ccccc34)c3ccccc3-c3cccc4oc5ccccc5c34)cc21. The fraction of sp³-hybridized carbons (Fsp3) is 0.0667. The standard InChI is InChI=1S/C45H31NOS/c1-45(2)37-17-7-3-12-30(37)31-24-22-28(26-38(31)45)46(29-23-25-34-33-14-6-10-21-42(33)48-43(34)27-29)39-18-8-4-13-32(39)35-16-11-20-41-44(35)36-15-5-9-19-40(36)47-41/h3-27H,1-2H3. The molecule has 9 aromatic rings. The van der Waals surface area contributed by atoms with E-state index in [-0.39, 0.29) is 5.41 Å². The number of para-hydroxylation sites is 2. The van der Waals surface area contributed by atoms with E-state index in [0.29, 0.717) is 0 Å². The molecule has 0 saturated carbocycles. The third-order valence-corrected chi connectivity index (χ3v) is 11.4. The lowest BCUT2D eigenvalue weighted by atomic mass is 9.82. The van der Waals surface area contributed by atoms with E-state index >= 15 is 0 Å². The third kappa shape index (κ3) is 3.92. The Morgan fingerprint density at radius 1 is 0.479 bits per heavy atom. The van der Waals surface area contributed by atoms with Crippen LogP contribution in [0.15, 0.2) is 156 Å². The summed E-state index contributed by atoms with van der Waals surface area (Å²) < 4.78 is 8.95. The minimum Gasteiger partial charge on any atom is -0.456 e. The Morgan fingerprint density at radius 2 is 1.12 bits per heavy atom. The van der Waals surface area contributed by atoms with E-state index in [1.54, 1.807) is 0 Å². The number of rotatable bonds is 4. The molecule has 0 N–H and O–H groups in total. The van der Waals surface area contributed by atoms with Gasteiger partial charge in [-0.3, -0.25) is 0 Å². The zero-order valence-corrected chi connectivity index (χ0v) is 27.5. The molecular weight excluding hydrogens is 603 g/mol. The second-order valence-corrected chi connectivity index (χ2v) is 14.4. The van der Waals surface area contributed by atoms with Crippen molar-refractivity contribution in [1.29, 1.82) is 0 Å². The second kappa shape index (κ2) is 10.2. The van der Waals surface area contributed by atoms with E-state index < -0.39 is 0 Å². The summed E-state index contributed by atoms with van der Waals surface area (Å²) in [5, 5.41) is 4.89. The first kappa shape index (κ1) is 27.5. The van der Waals surface area contributed by atoms with Gasteiger partial charge in [0.05, 0.1) is 5.69 Å². The molecule has 2 aromatic heterocycles. The average molecular weight is 634 g/mol. The minimum absolute atomic E-state index is 0.107. The van der Waals surface area contributed by atoms with E-state index in [1.807, 2.05) is 17.4 Å². The van der Waals surface area contributed by atoms with Gasteiger partial charge < -0.3 is 9.32 Å². The number of nitrogens with zero attached hydrogens (tertiary/aromatic N) is 1. The molecule has 0 atom stereocenters. The van der Waals surface area contributed by atoms with Crippen molar-refractivity contribution in [2.24, 2.45) is 0 Å². The first-order valence-electron chi connectivity index (χ1n) is 16.5. The first-order chi connectivity index (χ1) is 23.6. The molecule has 0 bridgehead atoms. The fourth-order valence-corrected chi connectivity index (χ4v) is 9.15. The van der Waals surface area contributed by atoms with Gasteiger partial charge in [-0.1, -0.05) is 117 Å². The molecule has 0 fully saturated rings. The van der Waals surface area contributed by atoms with Gasteiger partial charge in [0.1, 0.15) is 11.2 Å². The molecule has 1 aliphatic rings. The Balaban J connectivity index is 1.24. The number of hydrogen-bond donors (Lipinski definition) is 0. The van der Waals surface area contributed by atoms with E-state index in [1.165, 1.54) is 42.4 Å². The van der Waals surface area contributed by atoms with Crippen molar-refractivity contribution < 1.29 is 4.42 Å². The molecule has 3 heteroatoms. The van der Waals surface area contributed by atoms with E-state index in [4.69, 9.17) is 4.42 Å². The van der Waals surface area contributed by atoms with Crippen LogP contribution in [0.2, 0.25) is 0 Å². The van der Waals surface area contributed by atoms with Gasteiger partial charge in [-0.05, 0) is 76.3 Å². The molecule has 7 aromatic carbocycles. The molecule has 0 spiro atoms. The molecule has 2 nitrogen and oxygen atoms in total. The third-order valence-electron chi connectivity index (χ3n) is 10.3. The number of anilines is 3. The van der Waals surface area contributed by atoms with Crippen LogP contribution in [0.25, 0.3) is 64.4 Å². The first-order valence-corrected chi connectivity index (χ1v) is 17.3. The summed E-state index contributed by atoms with van der Waals surface area (Å²) in [5.74, 6) is 0. The lowest BCUT2D eigenvalue weighted by molar-refractivity contribution is 0.660. The van der Waals surface area contributed by atoms with Gasteiger partial charge in [-0.25, -0.2) is 0 Å². The predicted molar refractivity (Wildman–Crippen MR) is 204 cm³/mol. The maximum atomic E-state index is 6.35. The molecular formula is C45H31NOS. The Morgan fingerprint density at radius 3 is 2.04 bits per heavy atom. The highest BCUT2D eigenvalue weighted by molar-refractivity contribution is 7.25. The summed E-state index contributed by atoms with van der Waals surface area (Å²) in [7, 11) is 0. The minimum atomic E-state index is -0.107. The van der Waals surface area contributed by atoms with Gasteiger partial charge in [0.2, 0.25) is 0 Å². The zero-order chi connectivity index (χ0) is 32.0. The van der Waals surface area contributed by atoms with Crippen LogP contribution < -0.4 is 4.90 Å². The van der Waals surface area contributed by atoms with Crippen molar-refractivity contribution in [3.63, 3.8) is 0 Å². The summed E-state index contributed by atoms with van der Waals surface area (Å²) in [6, 6.07) is 55.2. The molecule has 48 heavy (non-hydrogen) atoms. The molecule has 1 aliphatic carbocycles. The van der Waals surface area contributed by atoms with Crippen LogP contribution in [-0.4, -0.2) is 0 Å². The smallest absolute Gasteiger partial charge is 0.136 e. The number of thiophene rings is 1. The van der Waals surface area contributed by atoms with Gasteiger partial charge in [0.25, 0.3) is 0 Å². The lowest BCUT2D eigenvalue weighted by Crippen LogP contribution is -2.16. The molecule has 2 heterocycles. The summed E-state index contributed by atoms with van der Waals surface area (Å²) in [6.07, 6.45) is 0. The molecule has 0 saturated heterocycles. The topological polar surface area (TPSA) is 16.4 Å². The van der Waals surface area contributed by atoms with Crippen LogP contribution in [0.1, 0.15) is 25.0 Å². The predicted octanol–water partition coefficient (Wildman–Crippen LogP) is 13.4. The van der Waals surface area contributed by atoms with Gasteiger partial charge in [-0.2, -0.15) is 0 Å². The largest absolute Gasteiger partial charge is 0.456 e. The molecule has 10 rings (SSSR count). The van der Waals surface area contributed by atoms with Crippen molar-refractivity contribution in [2.75, 3.05) is 4.90 Å². The molecule has 228 valence electrons. The highest BCUT2D eigenvalue weighted by atomic mass is 32.1. The Kier molecular flexibility index (Phi) is 5.82. The summed E-state index contributed by atoms with van der Waals surface area (Å²) in [5.41, 5.74) is 12.8. The number of hydrogen-bond acceptors (Lipinski definition) is 3. The second-order valence-electron chi connectivity index (χ2n) is 13.3.